The highest BCUT2D eigenvalue weighted by Gasteiger charge is 2.22. The molecule has 0 aliphatic carbocycles. The van der Waals surface area contributed by atoms with Crippen LogP contribution in [0, 0.1) is 0 Å². The molecule has 0 fully saturated rings. The molecule has 0 atom stereocenters. The van der Waals surface area contributed by atoms with Crippen molar-refractivity contribution in [3.8, 4) is 17.1 Å². The van der Waals surface area contributed by atoms with Gasteiger partial charge in [0, 0.05) is 31.0 Å². The molecule has 1 aliphatic heterocycles. The van der Waals surface area contributed by atoms with Gasteiger partial charge in [0.25, 0.3) is 5.56 Å². The second kappa shape index (κ2) is 8.05. The molecule has 3 heterocycles. The van der Waals surface area contributed by atoms with Crippen LogP contribution in [0.1, 0.15) is 42.6 Å². The molecule has 0 radical (unpaired) electrons. The number of hydrogen-bond acceptors (Lipinski definition) is 5. The lowest BCUT2D eigenvalue weighted by molar-refractivity contribution is 0.223. The zero-order valence-electron chi connectivity index (χ0n) is 16.8. The molecule has 7 heteroatoms. The molecular formula is C22H24ClN3O3. The topological polar surface area (TPSA) is 71.4 Å². The quantitative estimate of drug-likeness (QED) is 0.672. The Morgan fingerprint density at radius 1 is 1.31 bits per heavy atom. The highest BCUT2D eigenvalue weighted by molar-refractivity contribution is 6.32. The zero-order valence-corrected chi connectivity index (χ0v) is 17.5. The van der Waals surface area contributed by atoms with Gasteiger partial charge in [0.1, 0.15) is 23.1 Å². The number of hydrogen-bond donors (Lipinski definition) is 1. The van der Waals surface area contributed by atoms with Crippen molar-refractivity contribution >= 4 is 11.6 Å². The van der Waals surface area contributed by atoms with Gasteiger partial charge >= 0.3 is 0 Å². The van der Waals surface area contributed by atoms with Crippen LogP contribution in [-0.4, -0.2) is 28.5 Å². The minimum absolute atomic E-state index is 0.0311. The molecule has 0 unspecified atom stereocenters. The summed E-state index contributed by atoms with van der Waals surface area (Å²) in [5.41, 5.74) is 2.54. The fourth-order valence-corrected chi connectivity index (χ4v) is 3.82. The number of fused-ring (bicyclic) bond motifs is 1. The Morgan fingerprint density at radius 3 is 2.86 bits per heavy atom. The van der Waals surface area contributed by atoms with Gasteiger partial charge in [-0.1, -0.05) is 25.4 Å². The molecule has 4 rings (SSSR count). The maximum Gasteiger partial charge on any atom is 0.255 e. The van der Waals surface area contributed by atoms with Crippen molar-refractivity contribution in [1.29, 1.82) is 0 Å². The first-order valence-electron chi connectivity index (χ1n) is 9.71. The largest absolute Gasteiger partial charge is 0.495 e. The van der Waals surface area contributed by atoms with Crippen LogP contribution in [0.5, 0.6) is 5.75 Å². The van der Waals surface area contributed by atoms with E-state index < -0.39 is 0 Å². The molecule has 0 saturated heterocycles. The maximum atomic E-state index is 12.5. The lowest BCUT2D eigenvalue weighted by Crippen LogP contribution is -2.35. The van der Waals surface area contributed by atoms with Gasteiger partial charge in [-0.05, 0) is 30.3 Å². The third-order valence-electron chi connectivity index (χ3n) is 5.19. The number of aromatic amines is 1. The predicted octanol–water partition coefficient (Wildman–Crippen LogP) is 4.37. The van der Waals surface area contributed by atoms with E-state index in [9.17, 15) is 4.79 Å². The molecule has 3 aromatic rings. The van der Waals surface area contributed by atoms with Crippen LogP contribution in [0.25, 0.3) is 11.3 Å². The average molecular weight is 414 g/mol. The number of nitrogens with zero attached hydrogens (tertiary/aromatic N) is 2. The SMILES string of the molecule is COc1ccc(-c2ccc(CN3CCc4nc(C(C)C)[nH]c(=O)c4C3)o2)cc1Cl. The van der Waals surface area contributed by atoms with Gasteiger partial charge in [0.2, 0.25) is 0 Å². The van der Waals surface area contributed by atoms with Gasteiger partial charge in [0.15, 0.2) is 0 Å². The second-order valence-electron chi connectivity index (χ2n) is 7.61. The summed E-state index contributed by atoms with van der Waals surface area (Å²) >= 11 is 6.22. The van der Waals surface area contributed by atoms with Crippen LogP contribution in [0.3, 0.4) is 0 Å². The normalized spacial score (nSPS) is 14.2. The van der Waals surface area contributed by atoms with E-state index >= 15 is 0 Å². The van der Waals surface area contributed by atoms with E-state index in [1.54, 1.807) is 7.11 Å². The second-order valence-corrected chi connectivity index (χ2v) is 8.01. The summed E-state index contributed by atoms with van der Waals surface area (Å²) in [6.45, 7) is 6.11. The predicted molar refractivity (Wildman–Crippen MR) is 112 cm³/mol. The van der Waals surface area contributed by atoms with Crippen molar-refractivity contribution in [3.05, 3.63) is 68.6 Å². The monoisotopic (exact) mass is 413 g/mol. The number of rotatable bonds is 5. The Hall–Kier alpha value is -2.57. The minimum Gasteiger partial charge on any atom is -0.495 e. The highest BCUT2D eigenvalue weighted by atomic mass is 35.5. The first kappa shape index (κ1) is 19.7. The van der Waals surface area contributed by atoms with E-state index in [4.69, 9.17) is 20.8 Å². The Kier molecular flexibility index (Phi) is 5.48. The van der Waals surface area contributed by atoms with Crippen molar-refractivity contribution in [3.63, 3.8) is 0 Å². The number of ether oxygens (including phenoxy) is 1. The summed E-state index contributed by atoms with van der Waals surface area (Å²) in [7, 11) is 1.59. The van der Waals surface area contributed by atoms with Crippen molar-refractivity contribution < 1.29 is 9.15 Å². The molecule has 1 aromatic carbocycles. The summed E-state index contributed by atoms with van der Waals surface area (Å²) in [6.07, 6.45) is 0.765. The van der Waals surface area contributed by atoms with Gasteiger partial charge < -0.3 is 14.1 Å². The number of methoxy groups -OCH3 is 1. The van der Waals surface area contributed by atoms with Crippen LogP contribution in [-0.2, 0) is 19.5 Å². The number of halogens is 1. The first-order valence-corrected chi connectivity index (χ1v) is 10.1. The van der Waals surface area contributed by atoms with E-state index in [0.29, 0.717) is 23.9 Å². The molecule has 6 nitrogen and oxygen atoms in total. The Bertz CT molecular complexity index is 1090. The lowest BCUT2D eigenvalue weighted by Gasteiger charge is -2.27. The summed E-state index contributed by atoms with van der Waals surface area (Å²) in [6, 6.07) is 9.48. The summed E-state index contributed by atoms with van der Waals surface area (Å²) in [5.74, 6) is 3.20. The van der Waals surface area contributed by atoms with Gasteiger partial charge in [-0.2, -0.15) is 0 Å². The van der Waals surface area contributed by atoms with E-state index in [1.807, 2.05) is 44.2 Å². The summed E-state index contributed by atoms with van der Waals surface area (Å²) in [4.78, 5) is 22.3. The number of H-pyrrole nitrogens is 1. The maximum absolute atomic E-state index is 12.5. The smallest absolute Gasteiger partial charge is 0.255 e. The molecule has 0 saturated carbocycles. The molecule has 29 heavy (non-hydrogen) atoms. The fourth-order valence-electron chi connectivity index (χ4n) is 3.57. The van der Waals surface area contributed by atoms with E-state index in [-0.39, 0.29) is 11.5 Å². The molecule has 152 valence electrons. The van der Waals surface area contributed by atoms with Crippen LogP contribution in [0.2, 0.25) is 5.02 Å². The van der Waals surface area contributed by atoms with Gasteiger partial charge in [-0.25, -0.2) is 4.98 Å². The number of nitrogens with one attached hydrogen (secondary N) is 1. The Balaban J connectivity index is 1.49. The van der Waals surface area contributed by atoms with Crippen LogP contribution in [0.4, 0.5) is 0 Å². The molecule has 2 aromatic heterocycles. The molecule has 0 amide bonds. The molecule has 0 bridgehead atoms. The lowest BCUT2D eigenvalue weighted by atomic mass is 10.1. The van der Waals surface area contributed by atoms with Crippen molar-refractivity contribution in [2.24, 2.45) is 0 Å². The van der Waals surface area contributed by atoms with Gasteiger partial charge in [0.05, 0.1) is 29.9 Å². The molecular weight excluding hydrogens is 390 g/mol. The van der Waals surface area contributed by atoms with Crippen molar-refractivity contribution in [2.75, 3.05) is 13.7 Å². The molecule has 1 N–H and O–H groups in total. The third kappa shape index (κ3) is 4.09. The number of furan rings is 1. The third-order valence-corrected chi connectivity index (χ3v) is 5.49. The summed E-state index contributed by atoms with van der Waals surface area (Å²) < 4.78 is 11.2. The molecule has 1 aliphatic rings. The standard InChI is InChI=1S/C22H24ClN3O3/c1-13(2)21-24-18-8-9-26(12-16(18)22(27)25-21)11-15-5-7-19(29-15)14-4-6-20(28-3)17(23)10-14/h4-7,10,13H,8-9,11-12H2,1-3H3,(H,24,25,27). The van der Waals surface area contributed by atoms with Crippen LogP contribution >= 0.6 is 11.6 Å². The molecule has 0 spiro atoms. The highest BCUT2D eigenvalue weighted by Crippen LogP contribution is 2.31. The number of benzene rings is 1. The Labute approximate surface area is 174 Å². The number of aromatic nitrogens is 2. The van der Waals surface area contributed by atoms with Crippen LogP contribution < -0.4 is 10.3 Å². The van der Waals surface area contributed by atoms with Crippen molar-refractivity contribution in [2.45, 2.75) is 39.3 Å². The van der Waals surface area contributed by atoms with Crippen molar-refractivity contribution in [1.82, 2.24) is 14.9 Å². The summed E-state index contributed by atoms with van der Waals surface area (Å²) in [5, 5.41) is 0.545. The average Bonchev–Trinajstić information content (AvgIpc) is 3.16. The van der Waals surface area contributed by atoms with Gasteiger partial charge in [-0.15, -0.1) is 0 Å². The first-order chi connectivity index (χ1) is 13.9. The minimum atomic E-state index is -0.0311. The van der Waals surface area contributed by atoms with Gasteiger partial charge in [-0.3, -0.25) is 9.69 Å². The zero-order chi connectivity index (χ0) is 20.5. The van der Waals surface area contributed by atoms with E-state index in [2.05, 4.69) is 14.9 Å². The van der Waals surface area contributed by atoms with E-state index in [0.717, 1.165) is 47.1 Å². The Morgan fingerprint density at radius 2 is 2.14 bits per heavy atom. The van der Waals surface area contributed by atoms with E-state index in [1.165, 1.54) is 0 Å². The fraction of sp³-hybridized carbons (Fsp3) is 0.364. The van der Waals surface area contributed by atoms with Crippen LogP contribution in [0.15, 0.2) is 39.5 Å².